The molecule has 0 spiro atoms. The fraction of sp³-hybridized carbons (Fsp3) is 0.615. The van der Waals surface area contributed by atoms with E-state index < -0.39 is 24.7 Å². The van der Waals surface area contributed by atoms with E-state index in [9.17, 15) is 23.1 Å². The second kappa shape index (κ2) is 5.73. The first-order valence-electron chi connectivity index (χ1n) is 6.41. The van der Waals surface area contributed by atoms with Gasteiger partial charge in [0.25, 0.3) is 0 Å². The molecule has 0 unspecified atom stereocenters. The highest BCUT2D eigenvalue weighted by atomic mass is 32.1. The highest BCUT2D eigenvalue weighted by Gasteiger charge is 2.57. The van der Waals surface area contributed by atoms with Crippen molar-refractivity contribution in [2.24, 2.45) is 0 Å². The molecule has 1 N–H and O–H groups in total. The van der Waals surface area contributed by atoms with Crippen LogP contribution in [-0.2, 0) is 11.2 Å². The molecule has 2 heterocycles. The Morgan fingerprint density at radius 2 is 2.25 bits per heavy atom. The molecule has 1 fully saturated rings. The summed E-state index contributed by atoms with van der Waals surface area (Å²) in [4.78, 5) is 14.1. The second-order valence-corrected chi connectivity index (χ2v) is 6.06. The van der Waals surface area contributed by atoms with Crippen LogP contribution < -0.4 is 0 Å². The van der Waals surface area contributed by atoms with Crippen LogP contribution in [0.25, 0.3) is 0 Å². The molecule has 3 nitrogen and oxygen atoms in total. The summed E-state index contributed by atoms with van der Waals surface area (Å²) in [6.07, 6.45) is -3.54. The summed E-state index contributed by atoms with van der Waals surface area (Å²) >= 11 is 1.60. The van der Waals surface area contributed by atoms with Gasteiger partial charge in [-0.2, -0.15) is 13.2 Å². The molecular formula is C13H16F3NO2S. The van der Waals surface area contributed by atoms with Crippen LogP contribution in [0.4, 0.5) is 13.2 Å². The van der Waals surface area contributed by atoms with E-state index >= 15 is 0 Å². The van der Waals surface area contributed by atoms with Gasteiger partial charge in [-0.15, -0.1) is 11.3 Å². The Balaban J connectivity index is 1.80. The molecule has 0 aliphatic carbocycles. The van der Waals surface area contributed by atoms with Crippen molar-refractivity contribution in [2.75, 3.05) is 13.1 Å². The molecule has 20 heavy (non-hydrogen) atoms. The molecule has 112 valence electrons. The Labute approximate surface area is 119 Å². The minimum absolute atomic E-state index is 0.0339. The van der Waals surface area contributed by atoms with E-state index in [2.05, 4.69) is 0 Å². The van der Waals surface area contributed by atoms with Gasteiger partial charge in [0.05, 0.1) is 6.54 Å². The van der Waals surface area contributed by atoms with E-state index in [-0.39, 0.29) is 18.9 Å². The number of nitrogens with zero attached hydrogens (tertiary/aromatic N) is 1. The molecular weight excluding hydrogens is 291 g/mol. The average Bonchev–Trinajstić information content (AvgIpc) is 2.98. The SMILES string of the molecule is O=C(CCCc1cccs1)N1CC[C@@](O)(C(F)(F)F)C1. The number of aliphatic hydroxyl groups is 1. The highest BCUT2D eigenvalue weighted by Crippen LogP contribution is 2.37. The van der Waals surface area contributed by atoms with Crippen molar-refractivity contribution < 1.29 is 23.1 Å². The van der Waals surface area contributed by atoms with E-state index in [0.29, 0.717) is 6.42 Å². The summed E-state index contributed by atoms with van der Waals surface area (Å²) in [6, 6.07) is 3.89. The summed E-state index contributed by atoms with van der Waals surface area (Å²) in [5.41, 5.74) is -2.74. The topological polar surface area (TPSA) is 40.5 Å². The zero-order valence-corrected chi connectivity index (χ0v) is 11.6. The minimum Gasteiger partial charge on any atom is -0.379 e. The van der Waals surface area contributed by atoms with Gasteiger partial charge < -0.3 is 10.0 Å². The summed E-state index contributed by atoms with van der Waals surface area (Å²) < 4.78 is 37.9. The van der Waals surface area contributed by atoms with Gasteiger partial charge in [0.2, 0.25) is 5.91 Å². The van der Waals surface area contributed by atoms with Gasteiger partial charge in [-0.3, -0.25) is 4.79 Å². The predicted molar refractivity (Wildman–Crippen MR) is 69.5 cm³/mol. The number of rotatable bonds is 4. The number of aryl methyl sites for hydroxylation is 1. The third-order valence-corrected chi connectivity index (χ3v) is 4.46. The summed E-state index contributed by atoms with van der Waals surface area (Å²) in [7, 11) is 0. The molecule has 1 aliphatic rings. The molecule has 1 saturated heterocycles. The molecule has 7 heteroatoms. The van der Waals surface area contributed by atoms with E-state index in [1.54, 1.807) is 11.3 Å². The summed E-state index contributed by atoms with van der Waals surface area (Å²) in [5, 5.41) is 11.5. The van der Waals surface area contributed by atoms with Crippen LogP contribution in [0.2, 0.25) is 0 Å². The maximum atomic E-state index is 12.6. The van der Waals surface area contributed by atoms with Gasteiger partial charge in [0.15, 0.2) is 5.60 Å². The van der Waals surface area contributed by atoms with Crippen LogP contribution in [-0.4, -0.2) is 40.8 Å². The normalized spacial score (nSPS) is 23.3. The van der Waals surface area contributed by atoms with Gasteiger partial charge in [-0.1, -0.05) is 6.07 Å². The van der Waals surface area contributed by atoms with Crippen LogP contribution in [0.3, 0.4) is 0 Å². The fourth-order valence-corrected chi connectivity index (χ4v) is 3.02. The first-order valence-corrected chi connectivity index (χ1v) is 7.29. The van der Waals surface area contributed by atoms with E-state index in [4.69, 9.17) is 0 Å². The van der Waals surface area contributed by atoms with Crippen LogP contribution in [0.5, 0.6) is 0 Å². The number of alkyl halides is 3. The number of β-amino-alcohol motifs (C(OH)–C–C–N with tert-alkyl or cyclic N) is 1. The monoisotopic (exact) mass is 307 g/mol. The zero-order chi connectivity index (χ0) is 14.8. The Hall–Kier alpha value is -1.08. The second-order valence-electron chi connectivity index (χ2n) is 5.03. The molecule has 1 aliphatic heterocycles. The quantitative estimate of drug-likeness (QED) is 0.929. The number of hydrogen-bond donors (Lipinski definition) is 1. The largest absolute Gasteiger partial charge is 0.419 e. The van der Waals surface area contributed by atoms with Gasteiger partial charge in [-0.05, 0) is 24.3 Å². The standard InChI is InChI=1S/C13H16F3NO2S/c14-13(15,16)12(19)6-7-17(9-12)11(18)5-1-3-10-4-2-8-20-10/h2,4,8,19H,1,3,5-7,9H2/t12-/m0/s1. The van der Waals surface area contributed by atoms with E-state index in [0.717, 1.165) is 16.2 Å². The van der Waals surface area contributed by atoms with Crippen molar-refractivity contribution in [3.63, 3.8) is 0 Å². The molecule has 1 amide bonds. The van der Waals surface area contributed by atoms with E-state index in [1.807, 2.05) is 17.5 Å². The Morgan fingerprint density at radius 1 is 1.50 bits per heavy atom. The van der Waals surface area contributed by atoms with Crippen LogP contribution in [0.15, 0.2) is 17.5 Å². The van der Waals surface area contributed by atoms with E-state index in [1.165, 1.54) is 0 Å². The number of halogens is 3. The summed E-state index contributed by atoms with van der Waals surface area (Å²) in [6.45, 7) is -0.678. The first-order chi connectivity index (χ1) is 9.32. The minimum atomic E-state index is -4.68. The molecule has 2 rings (SSSR count). The van der Waals surface area contributed by atoms with Gasteiger partial charge in [-0.25, -0.2) is 0 Å². The third-order valence-electron chi connectivity index (χ3n) is 3.52. The highest BCUT2D eigenvalue weighted by molar-refractivity contribution is 7.09. The number of hydrogen-bond acceptors (Lipinski definition) is 3. The lowest BCUT2D eigenvalue weighted by atomic mass is 10.0. The predicted octanol–water partition coefficient (Wildman–Crippen LogP) is 2.60. The number of thiophene rings is 1. The fourth-order valence-electron chi connectivity index (χ4n) is 2.26. The number of carbonyl (C=O) groups is 1. The Bertz CT molecular complexity index is 461. The Morgan fingerprint density at radius 3 is 2.80 bits per heavy atom. The lowest BCUT2D eigenvalue weighted by molar-refractivity contribution is -0.253. The average molecular weight is 307 g/mol. The molecule has 0 saturated carbocycles. The molecule has 1 aromatic rings. The van der Waals surface area contributed by atoms with Crippen molar-refractivity contribution >= 4 is 17.2 Å². The van der Waals surface area contributed by atoms with Crippen molar-refractivity contribution in [1.82, 2.24) is 4.90 Å². The number of likely N-dealkylation sites (tertiary alicyclic amines) is 1. The first kappa shape index (κ1) is 15.3. The van der Waals surface area contributed by atoms with Gasteiger partial charge in [0, 0.05) is 24.3 Å². The van der Waals surface area contributed by atoms with Crippen molar-refractivity contribution in [1.29, 1.82) is 0 Å². The molecule has 0 aromatic carbocycles. The lowest BCUT2D eigenvalue weighted by Gasteiger charge is -2.25. The number of carbonyl (C=O) groups excluding carboxylic acids is 1. The molecule has 1 atom stereocenters. The van der Waals surface area contributed by atoms with Crippen LogP contribution in [0, 0.1) is 0 Å². The Kier molecular flexibility index (Phi) is 4.39. The van der Waals surface area contributed by atoms with Crippen LogP contribution >= 0.6 is 11.3 Å². The van der Waals surface area contributed by atoms with Gasteiger partial charge >= 0.3 is 6.18 Å². The molecule has 0 radical (unpaired) electrons. The van der Waals surface area contributed by atoms with Crippen molar-refractivity contribution in [3.05, 3.63) is 22.4 Å². The third kappa shape index (κ3) is 3.32. The maximum absolute atomic E-state index is 12.6. The zero-order valence-electron chi connectivity index (χ0n) is 10.8. The molecule has 1 aromatic heterocycles. The van der Waals surface area contributed by atoms with Gasteiger partial charge in [0.1, 0.15) is 0 Å². The van der Waals surface area contributed by atoms with Crippen molar-refractivity contribution in [3.8, 4) is 0 Å². The lowest BCUT2D eigenvalue weighted by Crippen LogP contribution is -2.48. The maximum Gasteiger partial charge on any atom is 0.419 e. The summed E-state index contributed by atoms with van der Waals surface area (Å²) in [5.74, 6) is -0.318. The smallest absolute Gasteiger partial charge is 0.379 e. The molecule has 0 bridgehead atoms. The number of amides is 1. The van der Waals surface area contributed by atoms with Crippen LogP contribution in [0.1, 0.15) is 24.1 Å². The van der Waals surface area contributed by atoms with Crippen molar-refractivity contribution in [2.45, 2.75) is 37.5 Å².